The van der Waals surface area contributed by atoms with E-state index in [1.54, 1.807) is 43.5 Å². The Morgan fingerprint density at radius 1 is 1.08 bits per heavy atom. The second kappa shape index (κ2) is 11.4. The van der Waals surface area contributed by atoms with Crippen LogP contribution in [0.1, 0.15) is 69.4 Å². The van der Waals surface area contributed by atoms with E-state index in [1.165, 1.54) is 4.90 Å². The van der Waals surface area contributed by atoms with Crippen molar-refractivity contribution in [3.05, 3.63) is 70.2 Å². The van der Waals surface area contributed by atoms with Crippen molar-refractivity contribution < 1.29 is 19.1 Å². The summed E-state index contributed by atoms with van der Waals surface area (Å²) in [5, 5.41) is 3.18. The number of carbonyl (C=O) groups is 3. The number of carbonyl (C=O) groups excluding carboxylic acids is 3. The molecule has 9 nitrogen and oxygen atoms in total. The predicted octanol–water partition coefficient (Wildman–Crippen LogP) is 3.98. The first kappa shape index (κ1) is 26.2. The third-order valence-electron chi connectivity index (χ3n) is 6.64. The molecule has 0 radical (unpaired) electrons. The molecule has 0 unspecified atom stereocenters. The van der Waals surface area contributed by atoms with Crippen LogP contribution in [0.15, 0.2) is 48.5 Å². The van der Waals surface area contributed by atoms with E-state index < -0.39 is 17.9 Å². The number of hydrogen-bond acceptors (Lipinski definition) is 7. The number of rotatable bonds is 8. The Hall–Kier alpha value is -3.92. The van der Waals surface area contributed by atoms with Crippen molar-refractivity contribution in [2.24, 2.45) is 5.73 Å². The van der Waals surface area contributed by atoms with Crippen molar-refractivity contribution in [1.29, 1.82) is 0 Å². The summed E-state index contributed by atoms with van der Waals surface area (Å²) in [4.78, 5) is 41.4. The number of aromatic nitrogens is 1. The highest BCUT2D eigenvalue weighted by Gasteiger charge is 2.37. The molecule has 1 saturated carbocycles. The standard InChI is InChI=1S/C27H31N5O4S/c1-16-8-6-7-11-20(16)32(27(35)24-21(28)22(25(29)33)31-37-24)23(17-12-14-19(36-2)15-13-17)26(34)30-18-9-4-3-5-10-18/h6-8,11-15,18,23H,3-5,9-10,28H2,1-2H3,(H2,29,33)(H,30,34)/t23-/m0/s1. The number of anilines is 2. The third-order valence-corrected chi connectivity index (χ3v) is 7.49. The predicted molar refractivity (Wildman–Crippen MR) is 144 cm³/mol. The Labute approximate surface area is 220 Å². The zero-order chi connectivity index (χ0) is 26.5. The fraction of sp³-hybridized carbons (Fsp3) is 0.333. The van der Waals surface area contributed by atoms with Gasteiger partial charge in [0.1, 0.15) is 16.7 Å². The molecule has 194 valence electrons. The number of nitrogen functional groups attached to an aromatic ring is 1. The van der Waals surface area contributed by atoms with Crippen LogP contribution in [0, 0.1) is 6.92 Å². The highest BCUT2D eigenvalue weighted by Crippen LogP contribution is 2.35. The lowest BCUT2D eigenvalue weighted by molar-refractivity contribution is -0.123. The molecule has 0 spiro atoms. The van der Waals surface area contributed by atoms with Crippen LogP contribution in [-0.2, 0) is 4.79 Å². The number of para-hydroxylation sites is 1. The highest BCUT2D eigenvalue weighted by molar-refractivity contribution is 7.09. The number of amides is 3. The summed E-state index contributed by atoms with van der Waals surface area (Å²) < 4.78 is 9.31. The van der Waals surface area contributed by atoms with Crippen LogP contribution in [0.25, 0.3) is 0 Å². The van der Waals surface area contributed by atoms with Crippen LogP contribution in [0.4, 0.5) is 11.4 Å². The van der Waals surface area contributed by atoms with E-state index in [-0.39, 0.29) is 28.2 Å². The monoisotopic (exact) mass is 521 g/mol. The molecule has 0 aliphatic heterocycles. The smallest absolute Gasteiger partial charge is 0.273 e. The van der Waals surface area contributed by atoms with Gasteiger partial charge in [-0.2, -0.15) is 4.37 Å². The van der Waals surface area contributed by atoms with Gasteiger partial charge in [0.2, 0.25) is 5.91 Å². The summed E-state index contributed by atoms with van der Waals surface area (Å²) in [6.07, 6.45) is 5.03. The number of nitrogens with zero attached hydrogens (tertiary/aromatic N) is 2. The van der Waals surface area contributed by atoms with Gasteiger partial charge in [0.05, 0.1) is 12.8 Å². The van der Waals surface area contributed by atoms with Gasteiger partial charge in [-0.15, -0.1) is 0 Å². The molecule has 5 N–H and O–H groups in total. The molecule has 1 aliphatic carbocycles. The molecule has 4 rings (SSSR count). The largest absolute Gasteiger partial charge is 0.497 e. The minimum absolute atomic E-state index is 0.0331. The van der Waals surface area contributed by atoms with Crippen molar-refractivity contribution >= 4 is 40.6 Å². The number of nitrogens with two attached hydrogens (primary N) is 2. The molecule has 0 bridgehead atoms. The number of hydrogen-bond donors (Lipinski definition) is 3. The fourth-order valence-electron chi connectivity index (χ4n) is 4.67. The van der Waals surface area contributed by atoms with Crippen molar-refractivity contribution in [2.75, 3.05) is 17.7 Å². The van der Waals surface area contributed by atoms with Gasteiger partial charge in [0.15, 0.2) is 5.69 Å². The highest BCUT2D eigenvalue weighted by atomic mass is 32.1. The fourth-order valence-corrected chi connectivity index (χ4v) is 5.41. The second-order valence-corrected chi connectivity index (χ2v) is 9.89. The Morgan fingerprint density at radius 3 is 2.35 bits per heavy atom. The molecular formula is C27H31N5O4S. The van der Waals surface area contributed by atoms with Gasteiger partial charge < -0.3 is 21.5 Å². The zero-order valence-electron chi connectivity index (χ0n) is 20.9. The van der Waals surface area contributed by atoms with Gasteiger partial charge in [-0.3, -0.25) is 19.3 Å². The first-order chi connectivity index (χ1) is 17.8. The maximum atomic E-state index is 14.1. The molecule has 1 fully saturated rings. The van der Waals surface area contributed by atoms with Gasteiger partial charge >= 0.3 is 0 Å². The number of aryl methyl sites for hydroxylation is 1. The van der Waals surface area contributed by atoms with Crippen LogP contribution in [0.3, 0.4) is 0 Å². The lowest BCUT2D eigenvalue weighted by Gasteiger charge is -2.34. The molecule has 1 aromatic heterocycles. The Morgan fingerprint density at radius 2 is 1.76 bits per heavy atom. The van der Waals surface area contributed by atoms with Gasteiger partial charge in [-0.25, -0.2) is 0 Å². The average Bonchev–Trinajstić information content (AvgIpc) is 3.29. The van der Waals surface area contributed by atoms with E-state index in [4.69, 9.17) is 16.2 Å². The van der Waals surface area contributed by atoms with Crippen LogP contribution in [-0.4, -0.2) is 35.2 Å². The van der Waals surface area contributed by atoms with Gasteiger partial charge in [-0.1, -0.05) is 49.6 Å². The van der Waals surface area contributed by atoms with Gasteiger partial charge in [-0.05, 0) is 60.6 Å². The van der Waals surface area contributed by atoms with E-state index in [0.29, 0.717) is 17.0 Å². The molecule has 1 aliphatic rings. The Kier molecular flexibility index (Phi) is 8.08. The quantitative estimate of drug-likeness (QED) is 0.410. The summed E-state index contributed by atoms with van der Waals surface area (Å²) in [6, 6.07) is 13.4. The topological polar surface area (TPSA) is 141 Å². The van der Waals surface area contributed by atoms with Crippen LogP contribution >= 0.6 is 11.5 Å². The number of benzene rings is 2. The Balaban J connectivity index is 1.85. The summed E-state index contributed by atoms with van der Waals surface area (Å²) in [5.74, 6) is -1.04. The van der Waals surface area contributed by atoms with E-state index in [9.17, 15) is 14.4 Å². The van der Waals surface area contributed by atoms with Crippen LogP contribution < -0.4 is 26.4 Å². The molecule has 0 saturated heterocycles. The van der Waals surface area contributed by atoms with Crippen LogP contribution in [0.5, 0.6) is 5.75 Å². The molecule has 10 heteroatoms. The number of methoxy groups -OCH3 is 1. The lowest BCUT2D eigenvalue weighted by Crippen LogP contribution is -2.47. The Bertz CT molecular complexity index is 1280. The third kappa shape index (κ3) is 5.59. The maximum Gasteiger partial charge on any atom is 0.273 e. The number of primary amides is 1. The summed E-state index contributed by atoms with van der Waals surface area (Å²) in [7, 11) is 1.56. The second-order valence-electron chi connectivity index (χ2n) is 9.12. The van der Waals surface area contributed by atoms with Crippen molar-refractivity contribution in [2.45, 2.75) is 51.1 Å². The molecule has 2 aromatic carbocycles. The SMILES string of the molecule is COc1ccc([C@@H](C(=O)NC2CCCCC2)N(C(=O)c2snc(C(N)=O)c2N)c2ccccc2C)cc1. The average molecular weight is 522 g/mol. The number of ether oxygens (including phenoxy) is 1. The first-order valence-corrected chi connectivity index (χ1v) is 13.0. The number of nitrogens with one attached hydrogen (secondary N) is 1. The lowest BCUT2D eigenvalue weighted by atomic mass is 9.94. The maximum absolute atomic E-state index is 14.1. The van der Waals surface area contributed by atoms with Crippen molar-refractivity contribution in [3.63, 3.8) is 0 Å². The van der Waals surface area contributed by atoms with E-state index in [1.807, 2.05) is 19.1 Å². The van der Waals surface area contributed by atoms with Gasteiger partial charge in [0.25, 0.3) is 11.8 Å². The molecule has 1 heterocycles. The van der Waals surface area contributed by atoms with E-state index in [0.717, 1.165) is 49.2 Å². The molecule has 3 amide bonds. The van der Waals surface area contributed by atoms with Crippen molar-refractivity contribution in [3.8, 4) is 5.75 Å². The summed E-state index contributed by atoms with van der Waals surface area (Å²) in [5.41, 5.74) is 13.2. The molecule has 1 atom stereocenters. The summed E-state index contributed by atoms with van der Waals surface area (Å²) in [6.45, 7) is 1.87. The van der Waals surface area contributed by atoms with Crippen LogP contribution in [0.2, 0.25) is 0 Å². The normalized spacial score (nSPS) is 14.5. The van der Waals surface area contributed by atoms with E-state index >= 15 is 0 Å². The van der Waals surface area contributed by atoms with Gasteiger partial charge in [0, 0.05) is 11.7 Å². The minimum atomic E-state index is -1.01. The van der Waals surface area contributed by atoms with E-state index in [2.05, 4.69) is 9.69 Å². The summed E-state index contributed by atoms with van der Waals surface area (Å²) >= 11 is 0.789. The minimum Gasteiger partial charge on any atom is -0.497 e. The zero-order valence-corrected chi connectivity index (χ0v) is 21.7. The molecule has 3 aromatic rings. The first-order valence-electron chi connectivity index (χ1n) is 12.2. The molecule has 37 heavy (non-hydrogen) atoms. The molecular weight excluding hydrogens is 490 g/mol. The van der Waals surface area contributed by atoms with Crippen molar-refractivity contribution in [1.82, 2.24) is 9.69 Å².